The number of halogens is 1. The Balaban J connectivity index is 1.99. The zero-order chi connectivity index (χ0) is 10.7. The highest BCUT2D eigenvalue weighted by Crippen LogP contribution is 2.20. The van der Waals surface area contributed by atoms with Crippen molar-refractivity contribution in [3.8, 4) is 0 Å². The van der Waals surface area contributed by atoms with Gasteiger partial charge in [-0.05, 0) is 46.6 Å². The molecule has 0 aliphatic heterocycles. The van der Waals surface area contributed by atoms with Gasteiger partial charge in [-0.3, -0.25) is 0 Å². The maximum atomic E-state index is 4.24. The van der Waals surface area contributed by atoms with Gasteiger partial charge in [0.1, 0.15) is 5.82 Å². The van der Waals surface area contributed by atoms with Crippen molar-refractivity contribution < 1.29 is 0 Å². The first-order chi connectivity index (χ1) is 7.24. The first-order valence-corrected chi connectivity index (χ1v) is 6.31. The van der Waals surface area contributed by atoms with Gasteiger partial charge in [0.05, 0.1) is 6.54 Å². The second-order valence-corrected chi connectivity index (χ2v) is 5.21. The number of hydrogen-bond donors (Lipinski definition) is 1. The average molecular weight is 283 g/mol. The Labute approximate surface area is 101 Å². The van der Waals surface area contributed by atoms with Crippen molar-refractivity contribution in [2.45, 2.75) is 13.5 Å². The summed E-state index contributed by atoms with van der Waals surface area (Å²) in [5.74, 6) is 0.930. The van der Waals surface area contributed by atoms with Crippen LogP contribution in [0.5, 0.6) is 0 Å². The molecule has 0 aromatic carbocycles. The van der Waals surface area contributed by atoms with Gasteiger partial charge in [-0.25, -0.2) is 4.98 Å². The third-order valence-corrected chi connectivity index (χ3v) is 3.68. The summed E-state index contributed by atoms with van der Waals surface area (Å²) in [6.07, 6.45) is 1.82. The minimum absolute atomic E-state index is 0.826. The lowest BCUT2D eigenvalue weighted by atomic mass is 10.3. The second kappa shape index (κ2) is 4.77. The quantitative estimate of drug-likeness (QED) is 0.926. The topological polar surface area (TPSA) is 24.9 Å². The van der Waals surface area contributed by atoms with Crippen LogP contribution in [0.2, 0.25) is 0 Å². The van der Waals surface area contributed by atoms with Gasteiger partial charge in [0, 0.05) is 20.9 Å². The minimum atomic E-state index is 0.826. The molecule has 78 valence electrons. The maximum Gasteiger partial charge on any atom is 0.126 e. The third kappa shape index (κ3) is 3.04. The van der Waals surface area contributed by atoms with Crippen LogP contribution in [0.4, 0.5) is 5.82 Å². The molecule has 0 amide bonds. The summed E-state index contributed by atoms with van der Waals surface area (Å²) in [5, 5.41) is 5.38. The highest BCUT2D eigenvalue weighted by molar-refractivity contribution is 9.10. The molecule has 0 bridgehead atoms. The summed E-state index contributed by atoms with van der Waals surface area (Å²) >= 11 is 5.17. The van der Waals surface area contributed by atoms with Crippen molar-refractivity contribution in [2.75, 3.05) is 5.32 Å². The lowest BCUT2D eigenvalue weighted by Gasteiger charge is -2.03. The molecule has 1 N–H and O–H groups in total. The number of rotatable bonds is 3. The first-order valence-electron chi connectivity index (χ1n) is 4.63. The van der Waals surface area contributed by atoms with Crippen molar-refractivity contribution in [1.82, 2.24) is 4.98 Å². The predicted octanol–water partition coefficient (Wildman–Crippen LogP) is 3.83. The maximum absolute atomic E-state index is 4.24. The van der Waals surface area contributed by atoms with Crippen LogP contribution in [0.3, 0.4) is 0 Å². The zero-order valence-corrected chi connectivity index (χ0v) is 10.7. The highest BCUT2D eigenvalue weighted by atomic mass is 79.9. The standard InChI is InChI=1S/C11H11BrN2S/c1-8-2-3-13-11(4-8)14-6-10-5-9(12)7-15-10/h2-5,7H,6H2,1H3,(H,13,14). The molecule has 0 aliphatic rings. The van der Waals surface area contributed by atoms with E-state index >= 15 is 0 Å². The molecule has 0 radical (unpaired) electrons. The largest absolute Gasteiger partial charge is 0.365 e. The van der Waals surface area contributed by atoms with Crippen molar-refractivity contribution in [2.24, 2.45) is 0 Å². The van der Waals surface area contributed by atoms with Gasteiger partial charge in [0.15, 0.2) is 0 Å². The SMILES string of the molecule is Cc1ccnc(NCc2cc(Br)cs2)c1. The number of thiophene rings is 1. The number of aryl methyl sites for hydroxylation is 1. The van der Waals surface area contributed by atoms with Crippen LogP contribution in [0.15, 0.2) is 34.2 Å². The van der Waals surface area contributed by atoms with E-state index in [0.717, 1.165) is 16.8 Å². The summed E-state index contributed by atoms with van der Waals surface area (Å²) in [4.78, 5) is 5.54. The molecule has 2 heterocycles. The molecule has 15 heavy (non-hydrogen) atoms. The molecule has 0 spiro atoms. The first kappa shape index (κ1) is 10.6. The molecule has 0 unspecified atom stereocenters. The fourth-order valence-corrected chi connectivity index (χ4v) is 2.65. The Hall–Kier alpha value is -0.870. The van der Waals surface area contributed by atoms with E-state index in [2.05, 4.69) is 44.6 Å². The summed E-state index contributed by atoms with van der Waals surface area (Å²) in [6.45, 7) is 2.89. The van der Waals surface area contributed by atoms with Crippen LogP contribution in [0.1, 0.15) is 10.4 Å². The van der Waals surface area contributed by atoms with E-state index in [-0.39, 0.29) is 0 Å². The molecule has 2 aromatic rings. The number of hydrogen-bond acceptors (Lipinski definition) is 3. The lowest BCUT2D eigenvalue weighted by Crippen LogP contribution is -1.99. The average Bonchev–Trinajstić information content (AvgIpc) is 2.62. The van der Waals surface area contributed by atoms with Crippen LogP contribution < -0.4 is 5.32 Å². The van der Waals surface area contributed by atoms with Gasteiger partial charge >= 0.3 is 0 Å². The van der Waals surface area contributed by atoms with Crippen LogP contribution >= 0.6 is 27.3 Å². The van der Waals surface area contributed by atoms with Crippen molar-refractivity contribution >= 4 is 33.1 Å². The number of nitrogens with zero attached hydrogens (tertiary/aromatic N) is 1. The van der Waals surface area contributed by atoms with Gasteiger partial charge in [0.25, 0.3) is 0 Å². The summed E-state index contributed by atoms with van der Waals surface area (Å²) < 4.78 is 1.14. The van der Waals surface area contributed by atoms with Gasteiger partial charge in [-0.2, -0.15) is 0 Å². The number of nitrogens with one attached hydrogen (secondary N) is 1. The molecular weight excluding hydrogens is 272 g/mol. The van der Waals surface area contributed by atoms with Gasteiger partial charge in [0.2, 0.25) is 0 Å². The Morgan fingerprint density at radius 1 is 1.47 bits per heavy atom. The molecule has 0 saturated heterocycles. The second-order valence-electron chi connectivity index (χ2n) is 3.30. The molecule has 0 aliphatic carbocycles. The van der Waals surface area contributed by atoms with E-state index in [0.29, 0.717) is 0 Å². The van der Waals surface area contributed by atoms with E-state index in [9.17, 15) is 0 Å². The van der Waals surface area contributed by atoms with Crippen LogP contribution in [-0.2, 0) is 6.54 Å². The zero-order valence-electron chi connectivity index (χ0n) is 8.33. The van der Waals surface area contributed by atoms with Crippen LogP contribution in [0.25, 0.3) is 0 Å². The van der Waals surface area contributed by atoms with E-state index in [1.165, 1.54) is 10.4 Å². The summed E-state index contributed by atoms with van der Waals surface area (Å²) in [6, 6.07) is 6.16. The molecule has 2 aromatic heterocycles. The van der Waals surface area contributed by atoms with Crippen molar-refractivity contribution in [1.29, 1.82) is 0 Å². The monoisotopic (exact) mass is 282 g/mol. The summed E-state index contributed by atoms with van der Waals surface area (Å²) in [7, 11) is 0. The van der Waals surface area contributed by atoms with E-state index in [1.807, 2.05) is 18.3 Å². The normalized spacial score (nSPS) is 10.3. The molecule has 2 nitrogen and oxygen atoms in total. The fourth-order valence-electron chi connectivity index (χ4n) is 1.26. The Kier molecular flexibility index (Phi) is 3.38. The predicted molar refractivity (Wildman–Crippen MR) is 68.3 cm³/mol. The molecule has 0 fully saturated rings. The fraction of sp³-hybridized carbons (Fsp3) is 0.182. The number of anilines is 1. The Bertz CT molecular complexity index is 453. The lowest BCUT2D eigenvalue weighted by molar-refractivity contribution is 1.13. The Morgan fingerprint density at radius 3 is 3.00 bits per heavy atom. The molecule has 2 rings (SSSR count). The number of aromatic nitrogens is 1. The van der Waals surface area contributed by atoms with E-state index in [4.69, 9.17) is 0 Å². The van der Waals surface area contributed by atoms with Gasteiger partial charge in [-0.1, -0.05) is 0 Å². The minimum Gasteiger partial charge on any atom is -0.365 e. The molecule has 0 atom stereocenters. The molecule has 0 saturated carbocycles. The smallest absolute Gasteiger partial charge is 0.126 e. The van der Waals surface area contributed by atoms with Crippen molar-refractivity contribution in [3.05, 3.63) is 44.7 Å². The molecular formula is C11H11BrN2S. The highest BCUT2D eigenvalue weighted by Gasteiger charge is 1.98. The Morgan fingerprint density at radius 2 is 2.33 bits per heavy atom. The van der Waals surface area contributed by atoms with Crippen LogP contribution in [0, 0.1) is 6.92 Å². The third-order valence-electron chi connectivity index (χ3n) is 1.98. The van der Waals surface area contributed by atoms with Crippen LogP contribution in [-0.4, -0.2) is 4.98 Å². The van der Waals surface area contributed by atoms with Gasteiger partial charge < -0.3 is 5.32 Å². The van der Waals surface area contributed by atoms with Crippen molar-refractivity contribution in [3.63, 3.8) is 0 Å². The number of pyridine rings is 1. The van der Waals surface area contributed by atoms with E-state index in [1.54, 1.807) is 11.3 Å². The van der Waals surface area contributed by atoms with Gasteiger partial charge in [-0.15, -0.1) is 11.3 Å². The molecule has 4 heteroatoms. The van der Waals surface area contributed by atoms with E-state index < -0.39 is 0 Å². The summed E-state index contributed by atoms with van der Waals surface area (Å²) in [5.41, 5.74) is 1.22.